The minimum atomic E-state index is -1.21. The number of amides is 2. The molecular formula is C30H27ClF2N4O4. The monoisotopic (exact) mass is 580 g/mol. The molecule has 2 bridgehead atoms. The zero-order valence-electron chi connectivity index (χ0n) is 22.1. The lowest BCUT2D eigenvalue weighted by Gasteiger charge is -2.34. The summed E-state index contributed by atoms with van der Waals surface area (Å²) >= 11 is 5.87. The summed E-state index contributed by atoms with van der Waals surface area (Å²) in [5, 5.41) is 12.3. The molecule has 2 aliphatic heterocycles. The number of aromatic carboxylic acids is 1. The van der Waals surface area contributed by atoms with Crippen molar-refractivity contribution in [3.63, 3.8) is 0 Å². The number of nitrogens with one attached hydrogen (secondary N) is 1. The van der Waals surface area contributed by atoms with Gasteiger partial charge in [-0.3, -0.25) is 14.6 Å². The van der Waals surface area contributed by atoms with Crippen LogP contribution in [0.2, 0.25) is 5.02 Å². The first-order valence-electron chi connectivity index (χ1n) is 13.1. The lowest BCUT2D eigenvalue weighted by atomic mass is 9.92. The van der Waals surface area contributed by atoms with Gasteiger partial charge in [-0.2, -0.15) is 0 Å². The largest absolute Gasteiger partial charge is 0.478 e. The smallest absolute Gasteiger partial charge is 0.337 e. The highest BCUT2D eigenvalue weighted by molar-refractivity contribution is 6.31. The minimum Gasteiger partial charge on any atom is -0.478 e. The average Bonchev–Trinajstić information content (AvgIpc) is 2.93. The van der Waals surface area contributed by atoms with Crippen molar-refractivity contribution in [2.24, 2.45) is 5.92 Å². The fourth-order valence-electron chi connectivity index (χ4n) is 5.39. The Kier molecular flexibility index (Phi) is 7.77. The third-order valence-electron chi connectivity index (χ3n) is 7.62. The molecule has 2 unspecified atom stereocenters. The fourth-order valence-corrected chi connectivity index (χ4v) is 5.55. The number of carbonyl (C=O) groups excluding carboxylic acids is 2. The van der Waals surface area contributed by atoms with E-state index in [1.54, 1.807) is 30.2 Å². The highest BCUT2D eigenvalue weighted by atomic mass is 35.5. The SMILES string of the molecule is CC1CCCC(N2CCC(c3c(F)ccc(Cl)c3F)=CC2=O)c2cc(ccn2)-c2cc(C(=O)O)c(N)cc2NC1=O. The van der Waals surface area contributed by atoms with Crippen LogP contribution in [-0.2, 0) is 9.59 Å². The van der Waals surface area contributed by atoms with Crippen LogP contribution in [0.3, 0.4) is 0 Å². The van der Waals surface area contributed by atoms with Gasteiger partial charge in [0.2, 0.25) is 11.8 Å². The Balaban J connectivity index is 1.57. The molecule has 0 spiro atoms. The molecule has 4 N–H and O–H groups in total. The number of hydrogen-bond donors (Lipinski definition) is 3. The summed E-state index contributed by atoms with van der Waals surface area (Å²) < 4.78 is 29.2. The standard InChI is InChI=1S/C30H27ClF2N4O4/c1-15-3-2-4-25(37-10-8-17(12-26(37)38)27-21(32)6-5-20(31)28(27)33)24-11-16(7-9-35-24)18-13-19(30(40)41)22(34)14-23(18)36-29(15)39/h5-7,9,11-15,25H,2-4,8,10,34H2,1H3,(H,36,39)(H,40,41). The number of carboxylic acid groups (broad SMARTS) is 1. The predicted octanol–water partition coefficient (Wildman–Crippen LogP) is 6.08. The van der Waals surface area contributed by atoms with Gasteiger partial charge in [0.05, 0.1) is 33.6 Å². The summed E-state index contributed by atoms with van der Waals surface area (Å²) in [7, 11) is 0. The molecule has 41 heavy (non-hydrogen) atoms. The Morgan fingerprint density at radius 3 is 2.68 bits per heavy atom. The molecule has 0 aliphatic carbocycles. The maximum absolute atomic E-state index is 14.7. The number of hydrogen-bond acceptors (Lipinski definition) is 5. The Bertz CT molecular complexity index is 1610. The van der Waals surface area contributed by atoms with Crippen LogP contribution in [0.1, 0.15) is 60.3 Å². The van der Waals surface area contributed by atoms with Crippen LogP contribution >= 0.6 is 11.6 Å². The van der Waals surface area contributed by atoms with Crippen LogP contribution < -0.4 is 11.1 Å². The van der Waals surface area contributed by atoms with E-state index in [-0.39, 0.29) is 52.2 Å². The topological polar surface area (TPSA) is 126 Å². The van der Waals surface area contributed by atoms with Crippen molar-refractivity contribution in [3.8, 4) is 11.1 Å². The Hall–Kier alpha value is -4.31. The first-order chi connectivity index (χ1) is 19.5. The Morgan fingerprint density at radius 1 is 1.17 bits per heavy atom. The first-order valence-corrected chi connectivity index (χ1v) is 13.5. The van der Waals surface area contributed by atoms with Gasteiger partial charge >= 0.3 is 5.97 Å². The van der Waals surface area contributed by atoms with Crippen LogP contribution in [0.4, 0.5) is 20.2 Å². The molecular weight excluding hydrogens is 554 g/mol. The van der Waals surface area contributed by atoms with Crippen LogP contribution in [0.5, 0.6) is 0 Å². The van der Waals surface area contributed by atoms with E-state index >= 15 is 0 Å². The predicted molar refractivity (Wildman–Crippen MR) is 151 cm³/mol. The van der Waals surface area contributed by atoms with Crippen LogP contribution in [0.15, 0.2) is 48.7 Å². The van der Waals surface area contributed by atoms with Gasteiger partial charge < -0.3 is 21.1 Å². The highest BCUT2D eigenvalue weighted by Crippen LogP contribution is 2.38. The van der Waals surface area contributed by atoms with Gasteiger partial charge in [-0.15, -0.1) is 0 Å². The van der Waals surface area contributed by atoms with Crippen molar-refractivity contribution in [1.82, 2.24) is 9.88 Å². The number of pyridine rings is 1. The maximum Gasteiger partial charge on any atom is 0.337 e. The molecule has 2 aromatic carbocycles. The van der Waals surface area contributed by atoms with Gasteiger partial charge in [-0.1, -0.05) is 24.9 Å². The second-order valence-electron chi connectivity index (χ2n) is 10.3. The number of anilines is 2. The summed E-state index contributed by atoms with van der Waals surface area (Å²) in [6.07, 6.45) is 4.57. The van der Waals surface area contributed by atoms with Crippen LogP contribution in [0, 0.1) is 17.6 Å². The van der Waals surface area contributed by atoms with Crippen molar-refractivity contribution in [3.05, 3.63) is 82.1 Å². The number of benzene rings is 2. The number of rotatable bonds is 3. The second kappa shape index (κ2) is 11.3. The first kappa shape index (κ1) is 28.2. The molecule has 0 saturated heterocycles. The third kappa shape index (κ3) is 5.52. The van der Waals surface area contributed by atoms with Crippen molar-refractivity contribution in [2.75, 3.05) is 17.6 Å². The molecule has 8 nitrogen and oxygen atoms in total. The number of aromatic nitrogens is 1. The van der Waals surface area contributed by atoms with Crippen molar-refractivity contribution in [1.29, 1.82) is 0 Å². The average molecular weight is 581 g/mol. The van der Waals surface area contributed by atoms with Gasteiger partial charge in [-0.25, -0.2) is 13.6 Å². The van der Waals surface area contributed by atoms with E-state index in [2.05, 4.69) is 10.3 Å². The Labute approximate surface area is 239 Å². The molecule has 0 fully saturated rings. The minimum absolute atomic E-state index is 0.0116. The zero-order chi connectivity index (χ0) is 29.4. The van der Waals surface area contributed by atoms with E-state index < -0.39 is 29.6 Å². The maximum atomic E-state index is 14.7. The van der Waals surface area contributed by atoms with Crippen LogP contribution in [0.25, 0.3) is 16.7 Å². The number of fused-ring (bicyclic) bond motifs is 4. The third-order valence-corrected chi connectivity index (χ3v) is 7.91. The summed E-state index contributed by atoms with van der Waals surface area (Å²) in [5.74, 6) is -3.98. The van der Waals surface area contributed by atoms with Crippen molar-refractivity contribution >= 4 is 46.3 Å². The van der Waals surface area contributed by atoms with E-state index in [4.69, 9.17) is 17.3 Å². The number of halogens is 3. The van der Waals surface area contributed by atoms with Crippen molar-refractivity contribution in [2.45, 2.75) is 38.6 Å². The zero-order valence-corrected chi connectivity index (χ0v) is 22.8. The van der Waals surface area contributed by atoms with Gasteiger partial charge in [0.15, 0.2) is 5.82 Å². The van der Waals surface area contributed by atoms with Crippen LogP contribution in [-0.4, -0.2) is 39.3 Å². The number of nitrogens with two attached hydrogens (primary N) is 1. The summed E-state index contributed by atoms with van der Waals surface area (Å²) in [6, 6.07) is 7.98. The molecule has 5 rings (SSSR count). The van der Waals surface area contributed by atoms with Gasteiger partial charge in [0.1, 0.15) is 5.82 Å². The fraction of sp³-hybridized carbons (Fsp3) is 0.267. The van der Waals surface area contributed by atoms with Gasteiger partial charge in [0, 0.05) is 36.0 Å². The molecule has 212 valence electrons. The normalized spacial score (nSPS) is 19.4. The molecule has 3 heterocycles. The van der Waals surface area contributed by atoms with E-state index in [9.17, 15) is 28.3 Å². The lowest BCUT2D eigenvalue weighted by Crippen LogP contribution is -2.38. The summed E-state index contributed by atoms with van der Waals surface area (Å²) in [6.45, 7) is 1.97. The molecule has 0 saturated carbocycles. The molecule has 3 aromatic rings. The van der Waals surface area contributed by atoms with Gasteiger partial charge in [0.25, 0.3) is 0 Å². The summed E-state index contributed by atoms with van der Waals surface area (Å²) in [5.41, 5.74) is 7.74. The molecule has 11 heteroatoms. The molecule has 1 aromatic heterocycles. The quantitative estimate of drug-likeness (QED) is 0.255. The highest BCUT2D eigenvalue weighted by Gasteiger charge is 2.31. The van der Waals surface area contributed by atoms with Crippen molar-refractivity contribution < 1.29 is 28.3 Å². The second-order valence-corrected chi connectivity index (χ2v) is 10.7. The molecule has 2 atom stereocenters. The van der Waals surface area contributed by atoms with Gasteiger partial charge in [-0.05, 0) is 66.8 Å². The molecule has 0 radical (unpaired) electrons. The number of nitrogen functional groups attached to an aromatic ring is 1. The molecule has 2 aliphatic rings. The number of carboxylic acids is 1. The Morgan fingerprint density at radius 2 is 1.95 bits per heavy atom. The lowest BCUT2D eigenvalue weighted by molar-refractivity contribution is -0.129. The van der Waals surface area contributed by atoms with E-state index in [0.717, 1.165) is 12.1 Å². The van der Waals surface area contributed by atoms with E-state index in [1.807, 2.05) is 0 Å². The van der Waals surface area contributed by atoms with E-state index in [0.29, 0.717) is 41.8 Å². The number of nitrogens with zero attached hydrogens (tertiary/aromatic N) is 2. The molecule has 2 amide bonds. The number of carbonyl (C=O) groups is 3. The summed E-state index contributed by atoms with van der Waals surface area (Å²) in [4.78, 5) is 44.4. The van der Waals surface area contributed by atoms with E-state index in [1.165, 1.54) is 18.2 Å².